The van der Waals surface area contributed by atoms with Crippen molar-refractivity contribution in [1.29, 1.82) is 0 Å². The van der Waals surface area contributed by atoms with E-state index in [0.29, 0.717) is 21.5 Å². The number of halogens is 2. The lowest BCUT2D eigenvalue weighted by molar-refractivity contribution is -0.135. The third kappa shape index (κ3) is 5.66. The lowest BCUT2D eigenvalue weighted by Gasteiger charge is -2.18. The highest BCUT2D eigenvalue weighted by Gasteiger charge is 2.15. The highest BCUT2D eigenvalue weighted by molar-refractivity contribution is 6.39. The van der Waals surface area contributed by atoms with Crippen LogP contribution in [0, 0.1) is 6.92 Å². The van der Waals surface area contributed by atoms with E-state index < -0.39 is 5.91 Å². The molecule has 0 saturated carbocycles. The number of likely N-dealkylation sites (N-methyl/N-ethyl adjacent to an activating group) is 1. The van der Waals surface area contributed by atoms with Crippen LogP contribution in [0.2, 0.25) is 10.0 Å². The molecule has 0 aliphatic heterocycles. The molecular formula is C18H18Cl2N2O3. The van der Waals surface area contributed by atoms with E-state index in [4.69, 9.17) is 27.9 Å². The van der Waals surface area contributed by atoms with E-state index >= 15 is 0 Å². The zero-order chi connectivity index (χ0) is 18.4. The van der Waals surface area contributed by atoms with Gasteiger partial charge in [0.25, 0.3) is 5.91 Å². The van der Waals surface area contributed by atoms with Gasteiger partial charge in [-0.2, -0.15) is 0 Å². The second-order valence-corrected chi connectivity index (χ2v) is 6.31. The van der Waals surface area contributed by atoms with Crippen molar-refractivity contribution in [3.8, 4) is 5.75 Å². The number of hydrogen-bond acceptors (Lipinski definition) is 3. The summed E-state index contributed by atoms with van der Waals surface area (Å²) >= 11 is 12.0. The minimum absolute atomic E-state index is 0.141. The Morgan fingerprint density at radius 1 is 1.08 bits per heavy atom. The van der Waals surface area contributed by atoms with E-state index in [1.54, 1.807) is 30.3 Å². The molecule has 132 valence electrons. The Kier molecular flexibility index (Phi) is 6.67. The summed E-state index contributed by atoms with van der Waals surface area (Å²) in [6.07, 6.45) is 0. The standard InChI is InChI=1S/C18H18Cl2N2O3/c1-12-6-8-13(9-7-12)25-11-17(24)22(2)10-16(23)21-18-14(19)4-3-5-15(18)20/h3-9H,10-11H2,1-2H3,(H,21,23). The highest BCUT2D eigenvalue weighted by atomic mass is 35.5. The van der Waals surface area contributed by atoms with Gasteiger partial charge in [0.15, 0.2) is 6.61 Å². The molecule has 0 spiro atoms. The van der Waals surface area contributed by atoms with E-state index in [9.17, 15) is 9.59 Å². The normalized spacial score (nSPS) is 10.2. The fourth-order valence-corrected chi connectivity index (χ4v) is 2.48. The zero-order valence-corrected chi connectivity index (χ0v) is 15.4. The van der Waals surface area contributed by atoms with Crippen LogP contribution >= 0.6 is 23.2 Å². The number of nitrogens with one attached hydrogen (secondary N) is 1. The van der Waals surface area contributed by atoms with Gasteiger partial charge in [0.1, 0.15) is 5.75 Å². The first-order valence-electron chi connectivity index (χ1n) is 7.54. The van der Waals surface area contributed by atoms with E-state index in [-0.39, 0.29) is 19.1 Å². The monoisotopic (exact) mass is 380 g/mol. The quantitative estimate of drug-likeness (QED) is 0.829. The predicted molar refractivity (Wildman–Crippen MR) is 99.4 cm³/mol. The van der Waals surface area contributed by atoms with Crippen LogP contribution < -0.4 is 10.1 Å². The molecule has 7 heteroatoms. The van der Waals surface area contributed by atoms with Crippen LogP contribution in [-0.4, -0.2) is 36.9 Å². The first-order valence-corrected chi connectivity index (χ1v) is 8.29. The molecule has 0 bridgehead atoms. The first kappa shape index (κ1) is 19.1. The average molecular weight is 381 g/mol. The molecule has 0 fully saturated rings. The van der Waals surface area contributed by atoms with E-state index in [1.807, 2.05) is 19.1 Å². The zero-order valence-electron chi connectivity index (χ0n) is 13.9. The van der Waals surface area contributed by atoms with Gasteiger partial charge < -0.3 is 15.0 Å². The van der Waals surface area contributed by atoms with Crippen LogP contribution in [0.1, 0.15) is 5.56 Å². The molecule has 5 nitrogen and oxygen atoms in total. The molecule has 2 aromatic rings. The first-order chi connectivity index (χ1) is 11.9. The molecule has 0 heterocycles. The second kappa shape index (κ2) is 8.74. The Morgan fingerprint density at radius 2 is 1.68 bits per heavy atom. The smallest absolute Gasteiger partial charge is 0.260 e. The van der Waals surface area contributed by atoms with E-state index in [2.05, 4.69) is 5.32 Å². The van der Waals surface area contributed by atoms with Gasteiger partial charge in [-0.05, 0) is 31.2 Å². The van der Waals surface area contributed by atoms with Gasteiger partial charge in [0.2, 0.25) is 5.91 Å². The number of carbonyl (C=O) groups excluding carboxylic acids is 2. The van der Waals surface area contributed by atoms with Crippen LogP contribution in [0.25, 0.3) is 0 Å². The summed E-state index contributed by atoms with van der Waals surface area (Å²) in [5.41, 5.74) is 1.43. The van der Waals surface area contributed by atoms with Crippen LogP contribution in [0.4, 0.5) is 5.69 Å². The van der Waals surface area contributed by atoms with E-state index in [1.165, 1.54) is 11.9 Å². The fraction of sp³-hybridized carbons (Fsp3) is 0.222. The number of nitrogens with zero attached hydrogens (tertiary/aromatic N) is 1. The number of aryl methyl sites for hydroxylation is 1. The molecule has 2 amide bonds. The molecule has 0 aromatic heterocycles. The van der Waals surface area contributed by atoms with Gasteiger partial charge in [-0.3, -0.25) is 9.59 Å². The number of hydrogen-bond donors (Lipinski definition) is 1. The van der Waals surface area contributed by atoms with Crippen molar-refractivity contribution >= 4 is 40.7 Å². The lowest BCUT2D eigenvalue weighted by atomic mass is 10.2. The van der Waals surface area contributed by atoms with Gasteiger partial charge in [-0.25, -0.2) is 0 Å². The van der Waals surface area contributed by atoms with Crippen LogP contribution in [-0.2, 0) is 9.59 Å². The number of rotatable bonds is 6. The summed E-state index contributed by atoms with van der Waals surface area (Å²) in [6, 6.07) is 12.3. The minimum atomic E-state index is -0.402. The van der Waals surface area contributed by atoms with Crippen LogP contribution in [0.3, 0.4) is 0 Å². The third-order valence-electron chi connectivity index (χ3n) is 3.42. The van der Waals surface area contributed by atoms with Crippen molar-refractivity contribution in [2.24, 2.45) is 0 Å². The van der Waals surface area contributed by atoms with E-state index in [0.717, 1.165) is 5.56 Å². The van der Waals surface area contributed by atoms with Gasteiger partial charge in [-0.1, -0.05) is 47.0 Å². The number of benzene rings is 2. The van der Waals surface area contributed by atoms with Crippen LogP contribution in [0.15, 0.2) is 42.5 Å². The average Bonchev–Trinajstić information content (AvgIpc) is 2.57. The Hall–Kier alpha value is -2.24. The number of amides is 2. The molecule has 0 saturated heterocycles. The van der Waals surface area contributed by atoms with Gasteiger partial charge >= 0.3 is 0 Å². The lowest BCUT2D eigenvalue weighted by Crippen LogP contribution is -2.37. The summed E-state index contributed by atoms with van der Waals surface area (Å²) in [5.74, 6) is -0.123. The van der Waals surface area contributed by atoms with Gasteiger partial charge in [0, 0.05) is 7.05 Å². The molecule has 2 rings (SSSR count). The number of anilines is 1. The molecular weight excluding hydrogens is 363 g/mol. The van der Waals surface area contributed by atoms with Crippen molar-refractivity contribution in [2.75, 3.05) is 25.5 Å². The molecule has 0 atom stereocenters. The fourth-order valence-electron chi connectivity index (χ4n) is 1.99. The Balaban J connectivity index is 1.85. The summed E-state index contributed by atoms with van der Waals surface area (Å²) in [5, 5.41) is 3.27. The molecule has 25 heavy (non-hydrogen) atoms. The summed E-state index contributed by atoms with van der Waals surface area (Å²) in [4.78, 5) is 25.4. The molecule has 1 N–H and O–H groups in total. The Morgan fingerprint density at radius 3 is 2.28 bits per heavy atom. The van der Waals surface area contributed by atoms with Gasteiger partial charge in [0.05, 0.1) is 22.3 Å². The van der Waals surface area contributed by atoms with Crippen molar-refractivity contribution in [3.05, 3.63) is 58.1 Å². The Labute approximate surface area is 156 Å². The van der Waals surface area contributed by atoms with Crippen molar-refractivity contribution < 1.29 is 14.3 Å². The molecule has 0 aliphatic carbocycles. The minimum Gasteiger partial charge on any atom is -0.484 e. The van der Waals surface area contributed by atoms with Crippen LogP contribution in [0.5, 0.6) is 5.75 Å². The second-order valence-electron chi connectivity index (χ2n) is 5.50. The summed E-state index contributed by atoms with van der Waals surface area (Å²) in [7, 11) is 1.52. The largest absolute Gasteiger partial charge is 0.484 e. The molecule has 0 unspecified atom stereocenters. The van der Waals surface area contributed by atoms with Crippen molar-refractivity contribution in [1.82, 2.24) is 4.90 Å². The van der Waals surface area contributed by atoms with Crippen molar-refractivity contribution in [2.45, 2.75) is 6.92 Å². The maximum atomic E-state index is 12.1. The topological polar surface area (TPSA) is 58.6 Å². The third-order valence-corrected chi connectivity index (χ3v) is 4.05. The number of carbonyl (C=O) groups is 2. The summed E-state index contributed by atoms with van der Waals surface area (Å²) in [6.45, 7) is 1.67. The maximum absolute atomic E-state index is 12.1. The molecule has 0 radical (unpaired) electrons. The maximum Gasteiger partial charge on any atom is 0.260 e. The highest BCUT2D eigenvalue weighted by Crippen LogP contribution is 2.29. The molecule has 2 aromatic carbocycles. The van der Waals surface area contributed by atoms with Gasteiger partial charge in [-0.15, -0.1) is 0 Å². The predicted octanol–water partition coefficient (Wildman–Crippen LogP) is 3.78. The van der Waals surface area contributed by atoms with Crippen molar-refractivity contribution in [3.63, 3.8) is 0 Å². The Bertz CT molecular complexity index is 743. The molecule has 0 aliphatic rings. The number of ether oxygens (including phenoxy) is 1. The SMILES string of the molecule is Cc1ccc(OCC(=O)N(C)CC(=O)Nc2c(Cl)cccc2Cl)cc1. The summed E-state index contributed by atoms with van der Waals surface area (Å²) < 4.78 is 5.42. The number of para-hydroxylation sites is 1.